The van der Waals surface area contributed by atoms with E-state index in [0.29, 0.717) is 29.1 Å². The van der Waals surface area contributed by atoms with E-state index in [1.807, 2.05) is 0 Å². The van der Waals surface area contributed by atoms with Crippen LogP contribution < -0.4 is 14.2 Å². The van der Waals surface area contributed by atoms with Gasteiger partial charge in [-0.05, 0) is 12.1 Å². The van der Waals surface area contributed by atoms with E-state index in [4.69, 9.17) is 14.2 Å². The van der Waals surface area contributed by atoms with Crippen LogP contribution >= 0.6 is 0 Å². The maximum absolute atomic E-state index is 11.6. The fourth-order valence-electron chi connectivity index (χ4n) is 1.44. The third-order valence-electron chi connectivity index (χ3n) is 2.26. The SMILES string of the molecule is COc1cc(C(=O)CC=O)cc(OC)c1OC. The molecule has 0 aliphatic heterocycles. The van der Waals surface area contributed by atoms with E-state index < -0.39 is 0 Å². The lowest BCUT2D eigenvalue weighted by Crippen LogP contribution is -2.03. The summed E-state index contributed by atoms with van der Waals surface area (Å²) in [6.45, 7) is 0. The van der Waals surface area contributed by atoms with Crippen molar-refractivity contribution in [2.45, 2.75) is 6.42 Å². The molecule has 0 N–H and O–H groups in total. The van der Waals surface area contributed by atoms with E-state index in [1.165, 1.54) is 33.5 Å². The molecule has 5 nitrogen and oxygen atoms in total. The summed E-state index contributed by atoms with van der Waals surface area (Å²) in [5, 5.41) is 0. The number of ketones is 1. The van der Waals surface area contributed by atoms with E-state index in [2.05, 4.69) is 0 Å². The molecule has 0 spiro atoms. The van der Waals surface area contributed by atoms with Crippen molar-refractivity contribution in [3.05, 3.63) is 17.7 Å². The second kappa shape index (κ2) is 5.89. The normalized spacial score (nSPS) is 9.59. The highest BCUT2D eigenvalue weighted by Gasteiger charge is 2.16. The van der Waals surface area contributed by atoms with Crippen LogP contribution in [0.4, 0.5) is 0 Å². The number of ether oxygens (including phenoxy) is 3. The molecule has 0 unspecified atom stereocenters. The summed E-state index contributed by atoms with van der Waals surface area (Å²) in [5.41, 5.74) is 0.353. The van der Waals surface area contributed by atoms with E-state index in [9.17, 15) is 9.59 Å². The number of methoxy groups -OCH3 is 3. The molecule has 0 heterocycles. The van der Waals surface area contributed by atoms with Crippen LogP contribution in [0.2, 0.25) is 0 Å². The molecule has 0 aromatic heterocycles. The van der Waals surface area contributed by atoms with Gasteiger partial charge in [-0.3, -0.25) is 4.79 Å². The van der Waals surface area contributed by atoms with Crippen molar-refractivity contribution in [3.8, 4) is 17.2 Å². The molecule has 0 aliphatic carbocycles. The van der Waals surface area contributed by atoms with Gasteiger partial charge in [0, 0.05) is 5.56 Å². The second-order valence-corrected chi connectivity index (χ2v) is 3.21. The fraction of sp³-hybridized carbons (Fsp3) is 0.333. The van der Waals surface area contributed by atoms with E-state index in [1.54, 1.807) is 0 Å². The number of Topliss-reactive ketones (excluding diaryl/α,β-unsaturated/α-hetero) is 1. The Morgan fingerprint density at radius 3 is 2.00 bits per heavy atom. The van der Waals surface area contributed by atoms with Crippen molar-refractivity contribution in [2.75, 3.05) is 21.3 Å². The predicted molar refractivity (Wildman–Crippen MR) is 61.1 cm³/mol. The summed E-state index contributed by atoms with van der Waals surface area (Å²) in [6.07, 6.45) is 0.393. The number of carbonyl (C=O) groups excluding carboxylic acids is 2. The number of hydrogen-bond donors (Lipinski definition) is 0. The summed E-state index contributed by atoms with van der Waals surface area (Å²) in [4.78, 5) is 21.9. The molecule has 92 valence electrons. The summed E-state index contributed by atoms with van der Waals surface area (Å²) < 4.78 is 15.3. The van der Waals surface area contributed by atoms with Gasteiger partial charge in [0.05, 0.1) is 27.8 Å². The summed E-state index contributed by atoms with van der Waals surface area (Å²) in [5.74, 6) is 0.902. The van der Waals surface area contributed by atoms with Crippen LogP contribution in [-0.2, 0) is 4.79 Å². The Labute approximate surface area is 99.3 Å². The van der Waals surface area contributed by atoms with Crippen LogP contribution in [0.25, 0.3) is 0 Å². The first-order valence-electron chi connectivity index (χ1n) is 4.94. The number of carbonyl (C=O) groups is 2. The van der Waals surface area contributed by atoms with Crippen LogP contribution in [0.3, 0.4) is 0 Å². The molecule has 1 aromatic carbocycles. The Bertz CT molecular complexity index is 400. The second-order valence-electron chi connectivity index (χ2n) is 3.21. The van der Waals surface area contributed by atoms with Gasteiger partial charge in [-0.15, -0.1) is 0 Å². The summed E-state index contributed by atoms with van der Waals surface area (Å²) in [6, 6.07) is 3.04. The van der Waals surface area contributed by atoms with Crippen LogP contribution in [0.15, 0.2) is 12.1 Å². The minimum Gasteiger partial charge on any atom is -0.493 e. The molecule has 1 rings (SSSR count). The number of aldehydes is 1. The van der Waals surface area contributed by atoms with Gasteiger partial charge in [0.2, 0.25) is 5.75 Å². The van der Waals surface area contributed by atoms with Gasteiger partial charge < -0.3 is 19.0 Å². The molecular formula is C12H14O5. The molecule has 17 heavy (non-hydrogen) atoms. The molecule has 0 bridgehead atoms. The maximum Gasteiger partial charge on any atom is 0.203 e. The van der Waals surface area contributed by atoms with Gasteiger partial charge in [-0.1, -0.05) is 0 Å². The Kier molecular flexibility index (Phi) is 4.51. The van der Waals surface area contributed by atoms with Crippen molar-refractivity contribution >= 4 is 12.1 Å². The van der Waals surface area contributed by atoms with Crippen molar-refractivity contribution in [1.82, 2.24) is 0 Å². The molecule has 0 fully saturated rings. The number of benzene rings is 1. The standard InChI is InChI=1S/C12H14O5/c1-15-10-6-8(9(14)4-5-13)7-11(16-2)12(10)17-3/h5-7H,4H2,1-3H3. The molecule has 0 amide bonds. The highest BCUT2D eigenvalue weighted by Crippen LogP contribution is 2.38. The monoisotopic (exact) mass is 238 g/mol. The van der Waals surface area contributed by atoms with Gasteiger partial charge in [0.15, 0.2) is 17.3 Å². The van der Waals surface area contributed by atoms with Crippen LogP contribution in [0, 0.1) is 0 Å². The third kappa shape index (κ3) is 2.75. The molecule has 0 aliphatic rings. The topological polar surface area (TPSA) is 61.8 Å². The molecule has 1 aromatic rings. The highest BCUT2D eigenvalue weighted by atomic mass is 16.5. The van der Waals surface area contributed by atoms with E-state index in [0.717, 1.165) is 0 Å². The number of hydrogen-bond acceptors (Lipinski definition) is 5. The smallest absolute Gasteiger partial charge is 0.203 e. The van der Waals surface area contributed by atoms with Crippen molar-refractivity contribution in [1.29, 1.82) is 0 Å². The Hall–Kier alpha value is -2.04. The van der Waals surface area contributed by atoms with Crippen molar-refractivity contribution in [2.24, 2.45) is 0 Å². The Morgan fingerprint density at radius 2 is 1.65 bits per heavy atom. The molecule has 0 saturated heterocycles. The van der Waals surface area contributed by atoms with Crippen molar-refractivity contribution < 1.29 is 23.8 Å². The molecular weight excluding hydrogens is 224 g/mol. The molecule has 0 saturated carbocycles. The molecule has 0 radical (unpaired) electrons. The molecule has 5 heteroatoms. The first-order valence-corrected chi connectivity index (χ1v) is 4.94. The first-order chi connectivity index (χ1) is 8.17. The van der Waals surface area contributed by atoms with Gasteiger partial charge in [0.25, 0.3) is 0 Å². The number of rotatable bonds is 6. The summed E-state index contributed by atoms with van der Waals surface area (Å²) in [7, 11) is 4.41. The van der Waals surface area contributed by atoms with Crippen LogP contribution in [0.1, 0.15) is 16.8 Å². The van der Waals surface area contributed by atoms with Crippen LogP contribution in [0.5, 0.6) is 17.2 Å². The first kappa shape index (κ1) is 13.0. The lowest BCUT2D eigenvalue weighted by Gasteiger charge is -2.13. The fourth-order valence-corrected chi connectivity index (χ4v) is 1.44. The predicted octanol–water partition coefficient (Wildman–Crippen LogP) is 1.48. The minimum absolute atomic E-state index is 0.168. The average molecular weight is 238 g/mol. The average Bonchev–Trinajstić information content (AvgIpc) is 2.37. The van der Waals surface area contributed by atoms with Crippen LogP contribution in [-0.4, -0.2) is 33.4 Å². The zero-order valence-electron chi connectivity index (χ0n) is 9.98. The lowest BCUT2D eigenvalue weighted by molar-refractivity contribution is -0.107. The largest absolute Gasteiger partial charge is 0.493 e. The Balaban J connectivity index is 3.26. The van der Waals surface area contributed by atoms with E-state index in [-0.39, 0.29) is 12.2 Å². The maximum atomic E-state index is 11.6. The highest BCUT2D eigenvalue weighted by molar-refractivity contribution is 6.03. The Morgan fingerprint density at radius 1 is 1.12 bits per heavy atom. The zero-order valence-corrected chi connectivity index (χ0v) is 9.98. The van der Waals surface area contributed by atoms with Gasteiger partial charge >= 0.3 is 0 Å². The lowest BCUT2D eigenvalue weighted by atomic mass is 10.1. The quantitative estimate of drug-likeness (QED) is 0.427. The third-order valence-corrected chi connectivity index (χ3v) is 2.26. The van der Waals surface area contributed by atoms with Crippen molar-refractivity contribution in [3.63, 3.8) is 0 Å². The van der Waals surface area contributed by atoms with E-state index >= 15 is 0 Å². The zero-order chi connectivity index (χ0) is 12.8. The van der Waals surface area contributed by atoms with Gasteiger partial charge in [-0.2, -0.15) is 0 Å². The van der Waals surface area contributed by atoms with Gasteiger partial charge in [-0.25, -0.2) is 0 Å². The summed E-state index contributed by atoms with van der Waals surface area (Å²) >= 11 is 0. The molecule has 0 atom stereocenters. The minimum atomic E-state index is -0.292. The van der Waals surface area contributed by atoms with Gasteiger partial charge in [0.1, 0.15) is 6.29 Å².